The van der Waals surface area contributed by atoms with Gasteiger partial charge < -0.3 is 10.4 Å². The van der Waals surface area contributed by atoms with Crippen LogP contribution in [0.15, 0.2) is 15.5 Å². The number of anilines is 1. The van der Waals surface area contributed by atoms with Gasteiger partial charge in [-0.2, -0.15) is 5.10 Å². The highest BCUT2D eigenvalue weighted by molar-refractivity contribution is 9.10. The molecule has 2 atom stereocenters. The van der Waals surface area contributed by atoms with Crippen molar-refractivity contribution in [2.45, 2.75) is 32.4 Å². The second-order valence-corrected chi connectivity index (χ2v) is 5.49. The molecule has 0 aliphatic heterocycles. The smallest absolute Gasteiger partial charge is 0.280 e. The number of H-pyrrole nitrogens is 1. The molecular formula is C10H14BrN3O2. The zero-order valence-electron chi connectivity index (χ0n) is 9.12. The zero-order chi connectivity index (χ0) is 11.9. The summed E-state index contributed by atoms with van der Waals surface area (Å²) in [5, 5.41) is 18.9. The molecule has 6 heteroatoms. The molecule has 3 N–H and O–H groups in total. The van der Waals surface area contributed by atoms with Crippen molar-refractivity contribution in [1.29, 1.82) is 0 Å². The lowest BCUT2D eigenvalue weighted by Gasteiger charge is -2.49. The summed E-state index contributed by atoms with van der Waals surface area (Å²) >= 11 is 3.21. The number of hydrogen-bond acceptors (Lipinski definition) is 4. The van der Waals surface area contributed by atoms with Gasteiger partial charge in [0.15, 0.2) is 0 Å². The quantitative estimate of drug-likeness (QED) is 0.761. The van der Waals surface area contributed by atoms with E-state index in [-0.39, 0.29) is 23.1 Å². The number of aromatic nitrogens is 2. The zero-order valence-corrected chi connectivity index (χ0v) is 10.7. The highest BCUT2D eigenvalue weighted by Gasteiger charge is 2.47. The van der Waals surface area contributed by atoms with E-state index in [1.54, 1.807) is 6.20 Å². The Bertz CT molecular complexity index is 458. The lowest BCUT2D eigenvalue weighted by atomic mass is 9.64. The fourth-order valence-electron chi connectivity index (χ4n) is 1.82. The molecule has 16 heavy (non-hydrogen) atoms. The minimum absolute atomic E-state index is 0.155. The summed E-state index contributed by atoms with van der Waals surface area (Å²) in [6.07, 6.45) is 1.96. The largest absolute Gasteiger partial charge is 0.392 e. The summed E-state index contributed by atoms with van der Waals surface area (Å²) in [5.41, 5.74) is 0.221. The molecule has 2 rings (SSSR count). The first kappa shape index (κ1) is 11.6. The van der Waals surface area contributed by atoms with Crippen molar-refractivity contribution in [3.8, 4) is 0 Å². The fourth-order valence-corrected chi connectivity index (χ4v) is 2.12. The molecule has 0 bridgehead atoms. The first-order valence-corrected chi connectivity index (χ1v) is 5.90. The highest BCUT2D eigenvalue weighted by atomic mass is 79.9. The average molecular weight is 288 g/mol. The van der Waals surface area contributed by atoms with E-state index in [2.05, 4.69) is 31.4 Å². The summed E-state index contributed by atoms with van der Waals surface area (Å²) in [7, 11) is 0. The number of aromatic amines is 1. The van der Waals surface area contributed by atoms with E-state index >= 15 is 0 Å². The predicted molar refractivity (Wildman–Crippen MR) is 64.4 cm³/mol. The third-order valence-corrected chi connectivity index (χ3v) is 4.13. The molecule has 5 nitrogen and oxygen atoms in total. The summed E-state index contributed by atoms with van der Waals surface area (Å²) in [6.45, 7) is 3.99. The van der Waals surface area contributed by atoms with Crippen LogP contribution in [0, 0.1) is 5.41 Å². The minimum Gasteiger partial charge on any atom is -0.392 e. The molecule has 1 fully saturated rings. The highest BCUT2D eigenvalue weighted by Crippen LogP contribution is 2.42. The molecular weight excluding hydrogens is 274 g/mol. The molecule has 1 aromatic heterocycles. The predicted octanol–water partition coefficient (Wildman–Crippen LogP) is 1.10. The Morgan fingerprint density at radius 3 is 2.94 bits per heavy atom. The van der Waals surface area contributed by atoms with Crippen LogP contribution in [0.4, 0.5) is 5.69 Å². The lowest BCUT2D eigenvalue weighted by molar-refractivity contribution is -0.0510. The van der Waals surface area contributed by atoms with Gasteiger partial charge in [0, 0.05) is 11.5 Å². The molecule has 0 amide bonds. The second kappa shape index (κ2) is 3.85. The van der Waals surface area contributed by atoms with Crippen LogP contribution in [0.3, 0.4) is 0 Å². The molecule has 1 aliphatic carbocycles. The van der Waals surface area contributed by atoms with Gasteiger partial charge in [0.25, 0.3) is 5.56 Å². The number of hydrogen-bond donors (Lipinski definition) is 3. The number of halogens is 1. The molecule has 1 aliphatic rings. The summed E-state index contributed by atoms with van der Waals surface area (Å²) < 4.78 is 0.444. The number of aliphatic hydroxyl groups is 1. The number of nitrogens with one attached hydrogen (secondary N) is 2. The van der Waals surface area contributed by atoms with Gasteiger partial charge in [-0.3, -0.25) is 4.79 Å². The van der Waals surface area contributed by atoms with Crippen molar-refractivity contribution in [1.82, 2.24) is 10.2 Å². The second-order valence-electron chi connectivity index (χ2n) is 4.70. The molecule has 1 aromatic rings. The topological polar surface area (TPSA) is 78.0 Å². The maximum atomic E-state index is 11.3. The van der Waals surface area contributed by atoms with Crippen LogP contribution in [-0.4, -0.2) is 27.4 Å². The van der Waals surface area contributed by atoms with Crippen molar-refractivity contribution in [3.63, 3.8) is 0 Å². The van der Waals surface area contributed by atoms with Crippen molar-refractivity contribution >= 4 is 21.6 Å². The van der Waals surface area contributed by atoms with E-state index in [0.717, 1.165) is 0 Å². The third-order valence-electron chi connectivity index (χ3n) is 3.34. The number of rotatable bonds is 2. The van der Waals surface area contributed by atoms with Gasteiger partial charge >= 0.3 is 0 Å². The van der Waals surface area contributed by atoms with Crippen LogP contribution in [0.25, 0.3) is 0 Å². The van der Waals surface area contributed by atoms with E-state index in [0.29, 0.717) is 16.6 Å². The Labute approximate surface area is 101 Å². The molecule has 0 spiro atoms. The molecule has 2 unspecified atom stereocenters. The summed E-state index contributed by atoms with van der Waals surface area (Å²) in [5.74, 6) is 0. The Morgan fingerprint density at radius 1 is 1.69 bits per heavy atom. The third kappa shape index (κ3) is 1.76. The van der Waals surface area contributed by atoms with Crippen LogP contribution in [0.1, 0.15) is 20.3 Å². The number of nitrogens with zero attached hydrogens (tertiary/aromatic N) is 1. The van der Waals surface area contributed by atoms with Gasteiger partial charge in [0.1, 0.15) is 4.47 Å². The Balaban J connectivity index is 2.17. The molecule has 1 heterocycles. The van der Waals surface area contributed by atoms with Gasteiger partial charge in [-0.05, 0) is 22.4 Å². The Morgan fingerprint density at radius 2 is 2.38 bits per heavy atom. The first-order valence-electron chi connectivity index (χ1n) is 5.10. The maximum Gasteiger partial charge on any atom is 0.280 e. The van der Waals surface area contributed by atoms with Crippen LogP contribution in [0.5, 0.6) is 0 Å². The SMILES string of the molecule is CC1(C)C(O)CC1Nc1cn[nH]c(=O)c1Br. The van der Waals surface area contributed by atoms with E-state index in [1.807, 2.05) is 13.8 Å². The first-order chi connectivity index (χ1) is 7.43. The lowest BCUT2D eigenvalue weighted by Crippen LogP contribution is -2.57. The molecule has 0 aromatic carbocycles. The normalized spacial score (nSPS) is 27.2. The van der Waals surface area contributed by atoms with Crippen LogP contribution >= 0.6 is 15.9 Å². The van der Waals surface area contributed by atoms with Gasteiger partial charge in [-0.1, -0.05) is 13.8 Å². The van der Waals surface area contributed by atoms with Crippen LogP contribution in [0.2, 0.25) is 0 Å². The van der Waals surface area contributed by atoms with Crippen molar-refractivity contribution in [2.75, 3.05) is 5.32 Å². The Kier molecular flexibility index (Phi) is 2.79. The molecule has 0 radical (unpaired) electrons. The molecule has 0 saturated heterocycles. The van der Waals surface area contributed by atoms with Crippen molar-refractivity contribution in [2.24, 2.45) is 5.41 Å². The maximum absolute atomic E-state index is 11.3. The van der Waals surface area contributed by atoms with E-state index in [9.17, 15) is 9.90 Å². The summed E-state index contributed by atoms with van der Waals surface area (Å²) in [6, 6.07) is 0.155. The standard InChI is InChI=1S/C10H14BrN3O2/c1-10(2)6(3-7(10)15)13-5-4-12-14-9(16)8(5)11/h4,6-7,15H,3H2,1-2H3,(H2,13,14,16). The van der Waals surface area contributed by atoms with Gasteiger partial charge in [0.2, 0.25) is 0 Å². The van der Waals surface area contributed by atoms with E-state index < -0.39 is 0 Å². The fraction of sp³-hybridized carbons (Fsp3) is 0.600. The van der Waals surface area contributed by atoms with Gasteiger partial charge in [-0.15, -0.1) is 0 Å². The van der Waals surface area contributed by atoms with Crippen LogP contribution in [-0.2, 0) is 0 Å². The molecule has 1 saturated carbocycles. The van der Waals surface area contributed by atoms with Crippen LogP contribution < -0.4 is 10.9 Å². The van der Waals surface area contributed by atoms with Gasteiger partial charge in [-0.25, -0.2) is 5.10 Å². The van der Waals surface area contributed by atoms with E-state index in [1.165, 1.54) is 0 Å². The Hall–Kier alpha value is -0.880. The summed E-state index contributed by atoms with van der Waals surface area (Å²) in [4.78, 5) is 11.3. The van der Waals surface area contributed by atoms with Gasteiger partial charge in [0.05, 0.1) is 18.0 Å². The van der Waals surface area contributed by atoms with Crippen molar-refractivity contribution in [3.05, 3.63) is 21.0 Å². The van der Waals surface area contributed by atoms with E-state index in [4.69, 9.17) is 0 Å². The van der Waals surface area contributed by atoms with Crippen molar-refractivity contribution < 1.29 is 5.11 Å². The molecule has 88 valence electrons. The monoisotopic (exact) mass is 287 g/mol. The average Bonchev–Trinajstić information content (AvgIpc) is 2.24. The minimum atomic E-state index is -0.293. The number of aliphatic hydroxyl groups excluding tert-OH is 1.